The zero-order valence-electron chi connectivity index (χ0n) is 12.8. The van der Waals surface area contributed by atoms with E-state index in [0.717, 1.165) is 11.7 Å². The molecule has 1 aromatic rings. The van der Waals surface area contributed by atoms with Gasteiger partial charge in [0.1, 0.15) is 5.75 Å². The highest BCUT2D eigenvalue weighted by Gasteiger charge is 2.25. The van der Waals surface area contributed by atoms with Gasteiger partial charge in [0.2, 0.25) is 0 Å². The topological polar surface area (TPSA) is 21.3 Å². The number of hydrogen-bond acceptors (Lipinski definition) is 2. The monoisotopic (exact) mass is 261 g/mol. The van der Waals surface area contributed by atoms with Crippen LogP contribution in [0.15, 0.2) is 12.1 Å². The highest BCUT2D eigenvalue weighted by Crippen LogP contribution is 2.37. The third-order valence-electron chi connectivity index (χ3n) is 4.55. The second-order valence-corrected chi connectivity index (χ2v) is 5.84. The lowest BCUT2D eigenvalue weighted by molar-refractivity contribution is 0.281. The molecule has 2 nitrogen and oxygen atoms in total. The van der Waals surface area contributed by atoms with E-state index in [1.54, 1.807) is 7.11 Å². The predicted octanol–water partition coefficient (Wildman–Crippen LogP) is 4.15. The molecule has 1 aromatic carbocycles. The normalized spacial score (nSPS) is 18.3. The van der Waals surface area contributed by atoms with Crippen LogP contribution in [0.2, 0.25) is 0 Å². The molecule has 1 atom stereocenters. The van der Waals surface area contributed by atoms with Gasteiger partial charge in [0.25, 0.3) is 0 Å². The third-order valence-corrected chi connectivity index (χ3v) is 4.55. The number of methoxy groups -OCH3 is 1. The molecule has 0 heterocycles. The van der Waals surface area contributed by atoms with Crippen LogP contribution in [-0.4, -0.2) is 14.2 Å². The molecule has 19 heavy (non-hydrogen) atoms. The Morgan fingerprint density at radius 3 is 2.37 bits per heavy atom. The minimum Gasteiger partial charge on any atom is -0.496 e. The predicted molar refractivity (Wildman–Crippen MR) is 80.8 cm³/mol. The van der Waals surface area contributed by atoms with Gasteiger partial charge in [0, 0.05) is 6.04 Å². The molecule has 0 aromatic heterocycles. The molecular weight excluding hydrogens is 234 g/mol. The molecular formula is C17H27NO. The molecule has 1 aliphatic rings. The molecule has 0 radical (unpaired) electrons. The number of nitrogens with one attached hydrogen (secondary N) is 1. The van der Waals surface area contributed by atoms with Crippen molar-refractivity contribution in [1.82, 2.24) is 5.32 Å². The van der Waals surface area contributed by atoms with Gasteiger partial charge in [-0.3, -0.25) is 0 Å². The second-order valence-electron chi connectivity index (χ2n) is 5.84. The zero-order valence-corrected chi connectivity index (χ0v) is 12.8. The Morgan fingerprint density at radius 2 is 1.79 bits per heavy atom. The van der Waals surface area contributed by atoms with Crippen molar-refractivity contribution in [3.05, 3.63) is 28.8 Å². The van der Waals surface area contributed by atoms with Crippen molar-refractivity contribution < 1.29 is 4.74 Å². The van der Waals surface area contributed by atoms with E-state index in [1.165, 1.54) is 48.8 Å². The number of hydrogen-bond donors (Lipinski definition) is 1. The van der Waals surface area contributed by atoms with E-state index in [-0.39, 0.29) is 0 Å². The van der Waals surface area contributed by atoms with E-state index in [1.807, 2.05) is 0 Å². The van der Waals surface area contributed by atoms with Gasteiger partial charge in [-0.05, 0) is 62.4 Å². The van der Waals surface area contributed by atoms with Crippen molar-refractivity contribution in [1.29, 1.82) is 0 Å². The zero-order chi connectivity index (χ0) is 13.8. The molecule has 1 aliphatic carbocycles. The number of rotatable bonds is 4. The quantitative estimate of drug-likeness (QED) is 0.879. The van der Waals surface area contributed by atoms with Gasteiger partial charge in [-0.15, -0.1) is 0 Å². The maximum absolute atomic E-state index is 5.42. The standard InChI is InChI=1S/C17H27NO/c1-12-11-16(19-4)13(2)10-15(12)17(18-3)14-8-6-5-7-9-14/h10-11,14,17-18H,5-9H2,1-4H3. The van der Waals surface area contributed by atoms with Crippen LogP contribution in [0.25, 0.3) is 0 Å². The number of benzene rings is 1. The Bertz CT molecular complexity index is 422. The molecule has 0 saturated heterocycles. The lowest BCUT2D eigenvalue weighted by Gasteiger charge is -2.31. The molecule has 1 unspecified atom stereocenters. The first kappa shape index (κ1) is 14.4. The van der Waals surface area contributed by atoms with E-state index in [4.69, 9.17) is 4.74 Å². The average molecular weight is 261 g/mol. The van der Waals surface area contributed by atoms with Gasteiger partial charge < -0.3 is 10.1 Å². The van der Waals surface area contributed by atoms with Crippen molar-refractivity contribution in [2.45, 2.75) is 52.0 Å². The Labute approximate surface area is 117 Å². The minimum absolute atomic E-state index is 0.491. The van der Waals surface area contributed by atoms with Gasteiger partial charge in [-0.2, -0.15) is 0 Å². The van der Waals surface area contributed by atoms with Crippen LogP contribution in [0.5, 0.6) is 5.75 Å². The Morgan fingerprint density at radius 1 is 1.11 bits per heavy atom. The first-order valence-electron chi connectivity index (χ1n) is 7.49. The van der Waals surface area contributed by atoms with E-state index in [2.05, 4.69) is 38.3 Å². The highest BCUT2D eigenvalue weighted by molar-refractivity contribution is 5.43. The molecule has 1 N–H and O–H groups in total. The van der Waals surface area contributed by atoms with Crippen molar-refractivity contribution >= 4 is 0 Å². The summed E-state index contributed by atoms with van der Waals surface area (Å²) in [6, 6.07) is 4.98. The fourth-order valence-electron chi connectivity index (χ4n) is 3.48. The van der Waals surface area contributed by atoms with Crippen LogP contribution in [-0.2, 0) is 0 Å². The third kappa shape index (κ3) is 3.11. The van der Waals surface area contributed by atoms with Crippen molar-refractivity contribution in [3.8, 4) is 5.75 Å². The van der Waals surface area contributed by atoms with E-state index in [0.29, 0.717) is 6.04 Å². The van der Waals surface area contributed by atoms with Crippen LogP contribution < -0.4 is 10.1 Å². The molecule has 0 bridgehead atoms. The highest BCUT2D eigenvalue weighted by atomic mass is 16.5. The van der Waals surface area contributed by atoms with Crippen molar-refractivity contribution in [2.75, 3.05) is 14.2 Å². The maximum Gasteiger partial charge on any atom is 0.122 e. The van der Waals surface area contributed by atoms with Crippen LogP contribution in [0, 0.1) is 19.8 Å². The van der Waals surface area contributed by atoms with Gasteiger partial charge in [0.05, 0.1) is 7.11 Å². The maximum atomic E-state index is 5.42. The summed E-state index contributed by atoms with van der Waals surface area (Å²) in [7, 11) is 3.84. The van der Waals surface area contributed by atoms with Gasteiger partial charge in [-0.25, -0.2) is 0 Å². The van der Waals surface area contributed by atoms with Crippen LogP contribution in [0.3, 0.4) is 0 Å². The summed E-state index contributed by atoms with van der Waals surface area (Å²) in [5, 5.41) is 3.55. The van der Waals surface area contributed by atoms with Crippen LogP contribution in [0.4, 0.5) is 0 Å². The number of aryl methyl sites for hydroxylation is 2. The molecule has 1 saturated carbocycles. The minimum atomic E-state index is 0.491. The molecule has 1 fully saturated rings. The molecule has 2 rings (SSSR count). The number of ether oxygens (including phenoxy) is 1. The lowest BCUT2D eigenvalue weighted by atomic mass is 9.80. The summed E-state index contributed by atoms with van der Waals surface area (Å²) in [5.41, 5.74) is 4.03. The first-order valence-corrected chi connectivity index (χ1v) is 7.49. The van der Waals surface area contributed by atoms with Crippen molar-refractivity contribution in [3.63, 3.8) is 0 Å². The van der Waals surface area contributed by atoms with Gasteiger partial charge >= 0.3 is 0 Å². The molecule has 0 spiro atoms. The Hall–Kier alpha value is -1.02. The summed E-state index contributed by atoms with van der Waals surface area (Å²) in [6.45, 7) is 4.33. The van der Waals surface area contributed by atoms with Crippen LogP contribution >= 0.6 is 0 Å². The summed E-state index contributed by atoms with van der Waals surface area (Å²) < 4.78 is 5.42. The Kier molecular flexibility index (Phi) is 4.87. The molecule has 0 amide bonds. The van der Waals surface area contributed by atoms with Gasteiger partial charge in [0.15, 0.2) is 0 Å². The van der Waals surface area contributed by atoms with Crippen LogP contribution in [0.1, 0.15) is 54.8 Å². The summed E-state index contributed by atoms with van der Waals surface area (Å²) in [5.74, 6) is 1.78. The lowest BCUT2D eigenvalue weighted by Crippen LogP contribution is -2.27. The summed E-state index contributed by atoms with van der Waals surface area (Å²) in [6.07, 6.45) is 6.90. The van der Waals surface area contributed by atoms with E-state index in [9.17, 15) is 0 Å². The SMILES string of the molecule is CNC(c1cc(C)c(OC)cc1C)C1CCCCC1. The first-order chi connectivity index (χ1) is 9.17. The summed E-state index contributed by atoms with van der Waals surface area (Å²) >= 11 is 0. The second kappa shape index (κ2) is 6.42. The average Bonchev–Trinajstić information content (AvgIpc) is 2.44. The molecule has 106 valence electrons. The van der Waals surface area contributed by atoms with Crippen molar-refractivity contribution in [2.24, 2.45) is 5.92 Å². The van der Waals surface area contributed by atoms with E-state index >= 15 is 0 Å². The molecule has 0 aliphatic heterocycles. The Balaban J connectivity index is 2.29. The fourth-order valence-corrected chi connectivity index (χ4v) is 3.48. The fraction of sp³-hybridized carbons (Fsp3) is 0.647. The summed E-state index contributed by atoms with van der Waals surface area (Å²) in [4.78, 5) is 0. The van der Waals surface area contributed by atoms with E-state index < -0.39 is 0 Å². The van der Waals surface area contributed by atoms with Gasteiger partial charge in [-0.1, -0.05) is 25.3 Å². The smallest absolute Gasteiger partial charge is 0.122 e. The molecule has 2 heteroatoms. The largest absolute Gasteiger partial charge is 0.496 e.